The van der Waals surface area contributed by atoms with Crippen LogP contribution in [0.3, 0.4) is 0 Å². The topological polar surface area (TPSA) is 82.5 Å². The Bertz CT molecular complexity index is 2900. The monoisotopic (exact) mass is 1040 g/mol. The zero-order valence-corrected chi connectivity index (χ0v) is 40.9. The smallest absolute Gasteiger partial charge is 0.210 e. The first-order valence-electron chi connectivity index (χ1n) is 21.0. The number of hydrogen-bond acceptors (Lipinski definition) is 6. The maximum atomic E-state index is 6.42. The van der Waals surface area contributed by atoms with Crippen molar-refractivity contribution in [3.63, 3.8) is 0 Å². The average molecular weight is 1040 g/mol. The van der Waals surface area contributed by atoms with Crippen LogP contribution < -0.4 is 4.40 Å². The predicted octanol–water partition coefficient (Wildman–Crippen LogP) is 12.8. The predicted molar refractivity (Wildman–Crippen MR) is 250 cm³/mol. The zero-order valence-electron chi connectivity index (χ0n) is 36.4. The molecular formula is C52H52GeIrN6O-2. The van der Waals surface area contributed by atoms with Gasteiger partial charge in [-0.3, -0.25) is 4.98 Å². The fourth-order valence-electron chi connectivity index (χ4n) is 8.08. The van der Waals surface area contributed by atoms with Crippen molar-refractivity contribution in [2.45, 2.75) is 77.1 Å². The van der Waals surface area contributed by atoms with Crippen molar-refractivity contribution in [2.24, 2.45) is 5.92 Å². The summed E-state index contributed by atoms with van der Waals surface area (Å²) in [4.78, 5) is 14.4. The Kier molecular flexibility index (Phi) is 13.2. The van der Waals surface area contributed by atoms with Crippen molar-refractivity contribution < 1.29 is 24.5 Å². The molecule has 0 atom stereocenters. The van der Waals surface area contributed by atoms with Crippen LogP contribution >= 0.6 is 0 Å². The Morgan fingerprint density at radius 2 is 1.43 bits per heavy atom. The first-order chi connectivity index (χ1) is 28.9. The van der Waals surface area contributed by atoms with Gasteiger partial charge in [0.25, 0.3) is 0 Å². The van der Waals surface area contributed by atoms with E-state index in [1.165, 1.54) is 34.1 Å². The molecule has 0 unspecified atom stereocenters. The largest absolute Gasteiger partial charge is 0.501 e. The van der Waals surface area contributed by atoms with E-state index < -0.39 is 13.3 Å². The third-order valence-corrected chi connectivity index (χ3v) is 15.3. The second-order valence-corrected chi connectivity index (χ2v) is 28.2. The van der Waals surface area contributed by atoms with Gasteiger partial charge in [0.1, 0.15) is 11.9 Å². The van der Waals surface area contributed by atoms with Gasteiger partial charge in [-0.25, -0.2) is 4.98 Å². The normalized spacial score (nSPS) is 11.7. The van der Waals surface area contributed by atoms with E-state index in [1.54, 1.807) is 4.40 Å². The van der Waals surface area contributed by atoms with E-state index in [4.69, 9.17) is 19.4 Å². The molecule has 1 radical (unpaired) electrons. The van der Waals surface area contributed by atoms with E-state index in [0.29, 0.717) is 23.0 Å². The number of aromatic nitrogens is 6. The maximum absolute atomic E-state index is 6.42. The Balaban J connectivity index is 0.000000226. The standard InChI is InChI=1S/C34H28N5O.C18H24GeN.Ir/c1-20(2)27-17-23(22-11-6-5-7-12-22)18-28(21(3)4)30(27)39-33(37-32-34(39)35-19-36-38-32)26-15-10-14-25-24-13-8-9-16-29(24)40-31(25)26;1-14(2)11-16-12-18(15-9-7-6-8-10-15)20-13-17(16)19(3,4)5;/h5-14,16-21H,1-4H3;6-9,12-14H,11H2,1-5H3;/q2*-1;. The zero-order chi connectivity index (χ0) is 42.1. The molecule has 5 aromatic carbocycles. The molecule has 0 saturated carbocycles. The molecule has 0 spiro atoms. The number of fused-ring (bicyclic) bond motifs is 4. The van der Waals surface area contributed by atoms with Gasteiger partial charge < -0.3 is 8.98 Å². The molecule has 0 fully saturated rings. The van der Waals surface area contributed by atoms with Crippen molar-refractivity contribution in [3.8, 4) is 39.5 Å². The summed E-state index contributed by atoms with van der Waals surface area (Å²) in [6, 6.07) is 44.3. The summed E-state index contributed by atoms with van der Waals surface area (Å²) >= 11 is -1.86. The van der Waals surface area contributed by atoms with Crippen LogP contribution in [0.5, 0.6) is 0 Å². The van der Waals surface area contributed by atoms with Gasteiger partial charge in [-0.15, -0.1) is 28.4 Å². The van der Waals surface area contributed by atoms with E-state index in [9.17, 15) is 0 Å². The van der Waals surface area contributed by atoms with Crippen molar-refractivity contribution in [3.05, 3.63) is 151 Å². The second kappa shape index (κ2) is 18.4. The molecule has 0 bridgehead atoms. The summed E-state index contributed by atoms with van der Waals surface area (Å²) in [5, 5.41) is 10.5. The first kappa shape index (κ1) is 43.8. The third-order valence-electron chi connectivity index (χ3n) is 10.9. The van der Waals surface area contributed by atoms with Crippen LogP contribution in [0.2, 0.25) is 17.3 Å². The van der Waals surface area contributed by atoms with E-state index in [2.05, 4.69) is 153 Å². The minimum Gasteiger partial charge on any atom is -0.501 e. The van der Waals surface area contributed by atoms with Crippen LogP contribution in [0.25, 0.3) is 72.7 Å². The summed E-state index contributed by atoms with van der Waals surface area (Å²) < 4.78 is 10.1. The Labute approximate surface area is 375 Å². The quantitative estimate of drug-likeness (QED) is 0.106. The van der Waals surface area contributed by atoms with E-state index >= 15 is 0 Å². The molecule has 9 rings (SSSR count). The van der Waals surface area contributed by atoms with Gasteiger partial charge >= 0.3 is 126 Å². The molecule has 9 aromatic rings. The third kappa shape index (κ3) is 9.04. The number of imidazole rings is 1. The Hall–Kier alpha value is -5.28. The molecule has 0 aliphatic rings. The summed E-state index contributed by atoms with van der Waals surface area (Å²) in [5.41, 5.74) is 13.0. The molecule has 4 heterocycles. The molecule has 0 aliphatic carbocycles. The van der Waals surface area contributed by atoms with Crippen LogP contribution in [0.15, 0.2) is 126 Å². The number of rotatable bonds is 9. The van der Waals surface area contributed by atoms with Crippen molar-refractivity contribution in [1.82, 2.24) is 29.7 Å². The number of nitrogens with zero attached hydrogens (tertiary/aromatic N) is 6. The van der Waals surface area contributed by atoms with Gasteiger partial charge in [0.2, 0.25) is 5.65 Å². The maximum Gasteiger partial charge on any atom is 0.210 e. The van der Waals surface area contributed by atoms with E-state index in [1.807, 2.05) is 48.5 Å². The number of furan rings is 1. The Morgan fingerprint density at radius 1 is 0.721 bits per heavy atom. The molecule has 61 heavy (non-hydrogen) atoms. The number of para-hydroxylation sites is 1. The van der Waals surface area contributed by atoms with Crippen LogP contribution in [0.1, 0.15) is 70.1 Å². The summed E-state index contributed by atoms with van der Waals surface area (Å²) in [7, 11) is 0. The number of hydrogen-bond donors (Lipinski definition) is 0. The summed E-state index contributed by atoms with van der Waals surface area (Å²) in [5.74, 6) is 9.15. The minimum atomic E-state index is -1.86. The molecule has 311 valence electrons. The van der Waals surface area contributed by atoms with Crippen molar-refractivity contribution in [2.75, 3.05) is 0 Å². The molecule has 0 aliphatic heterocycles. The van der Waals surface area contributed by atoms with E-state index in [-0.39, 0.29) is 31.9 Å². The summed E-state index contributed by atoms with van der Waals surface area (Å²) in [6.45, 7) is 13.5. The van der Waals surface area contributed by atoms with Gasteiger partial charge in [0.05, 0.1) is 11.4 Å². The number of benzene rings is 5. The summed E-state index contributed by atoms with van der Waals surface area (Å²) in [6.07, 6.45) is 4.76. The molecule has 4 aromatic heterocycles. The molecule has 7 nitrogen and oxygen atoms in total. The molecule has 0 saturated heterocycles. The SMILES string of the molecule is CC(C)Cc1cc(-c2[c-]cccc2)nc[c]1[Ge]([CH3])([CH3])[CH3].CC(C)c1cc(-c2ccccc2)cc(C(C)C)c1-n1c(-c2[c-]ccc3c2oc2ccccc23)nc2nncnc21.[Ir]. The fraction of sp³-hybridized carbons (Fsp3) is 0.250. The molecule has 0 N–H and O–H groups in total. The Morgan fingerprint density at radius 3 is 2.10 bits per heavy atom. The van der Waals surface area contributed by atoms with Gasteiger partial charge in [0.15, 0.2) is 5.65 Å². The van der Waals surface area contributed by atoms with Crippen LogP contribution in [-0.4, -0.2) is 43.0 Å². The average Bonchev–Trinajstić information content (AvgIpc) is 3.82. The molecule has 9 heteroatoms. The van der Waals surface area contributed by atoms with Gasteiger partial charge in [-0.05, 0) is 52.3 Å². The molecule has 0 amide bonds. The molecular weight excluding hydrogens is 989 g/mol. The van der Waals surface area contributed by atoms with Crippen LogP contribution in [-0.2, 0) is 26.5 Å². The number of pyridine rings is 1. The second-order valence-electron chi connectivity index (χ2n) is 17.6. The fourth-order valence-corrected chi connectivity index (χ4v) is 11.4. The van der Waals surface area contributed by atoms with Gasteiger partial charge in [-0.1, -0.05) is 87.2 Å². The van der Waals surface area contributed by atoms with Crippen LogP contribution in [0.4, 0.5) is 0 Å². The minimum absolute atomic E-state index is 0. The van der Waals surface area contributed by atoms with Crippen molar-refractivity contribution >= 4 is 50.9 Å². The van der Waals surface area contributed by atoms with Gasteiger partial charge in [0, 0.05) is 31.2 Å². The van der Waals surface area contributed by atoms with Gasteiger partial charge in [-0.2, -0.15) is 0 Å². The van der Waals surface area contributed by atoms with Crippen LogP contribution in [0, 0.1) is 18.1 Å². The van der Waals surface area contributed by atoms with E-state index in [0.717, 1.165) is 50.9 Å². The first-order valence-corrected chi connectivity index (χ1v) is 28.3. The van der Waals surface area contributed by atoms with Crippen molar-refractivity contribution in [1.29, 1.82) is 0 Å².